The Bertz CT molecular complexity index is 1100. The van der Waals surface area contributed by atoms with E-state index in [1.54, 1.807) is 55.6 Å². The van der Waals surface area contributed by atoms with Crippen LogP contribution in [0.4, 0.5) is 5.69 Å². The van der Waals surface area contributed by atoms with E-state index in [9.17, 15) is 18.5 Å². The van der Waals surface area contributed by atoms with Crippen LogP contribution >= 0.6 is 20.2 Å². The summed E-state index contributed by atoms with van der Waals surface area (Å²) in [7, 11) is -2.47. The molecule has 0 bridgehead atoms. The Morgan fingerprint density at radius 3 is 1.86 bits per heavy atom. The molecule has 3 rings (SSSR count). The fourth-order valence-corrected chi connectivity index (χ4v) is 9.27. The number of nitrogens with zero attached hydrogens (tertiary/aromatic N) is 1. The van der Waals surface area contributed by atoms with Gasteiger partial charge in [0, 0.05) is 0 Å². The average molecular weight is 527 g/mol. The molecule has 0 radical (unpaired) electrons. The molecular formula is C20H18INO6S. The minimum atomic E-state index is -4.01. The zero-order valence-electron chi connectivity index (χ0n) is 15.6. The van der Waals surface area contributed by atoms with Gasteiger partial charge in [0.15, 0.2) is 0 Å². The van der Waals surface area contributed by atoms with Gasteiger partial charge in [-0.3, -0.25) is 0 Å². The molecule has 0 heterocycles. The fraction of sp³-hybridized carbons (Fsp3) is 0.100. The Labute approximate surface area is 176 Å². The number of hydrogen-bond donors (Lipinski definition) is 0. The quantitative estimate of drug-likeness (QED) is 0.250. The topological polar surface area (TPSA) is 95.7 Å². The molecule has 7 nitrogen and oxygen atoms in total. The maximum absolute atomic E-state index is 12.9. The van der Waals surface area contributed by atoms with Crippen LogP contribution in [0.25, 0.3) is 0 Å². The standard InChI is InChI=1S/C20H18INO6S/c1-15-3-13-20(14-4-15)29(25,26)28-21(17-7-11-19(27-2)12-8-17)16-5-9-18(10-6-16)22(23)24/h3-14H,1-2H3. The van der Waals surface area contributed by atoms with Crippen LogP contribution in [0.2, 0.25) is 0 Å². The van der Waals surface area contributed by atoms with Gasteiger partial charge in [-0.05, 0) is 0 Å². The summed E-state index contributed by atoms with van der Waals surface area (Å²) in [5.74, 6) is 0.634. The second-order valence-electron chi connectivity index (χ2n) is 5.97. The van der Waals surface area contributed by atoms with Gasteiger partial charge in [0.2, 0.25) is 0 Å². The third-order valence-electron chi connectivity index (χ3n) is 3.94. The van der Waals surface area contributed by atoms with Crippen molar-refractivity contribution in [2.45, 2.75) is 11.8 Å². The minimum absolute atomic E-state index is 0.0688. The van der Waals surface area contributed by atoms with Crippen molar-refractivity contribution in [3.8, 4) is 5.75 Å². The van der Waals surface area contributed by atoms with Crippen LogP contribution in [0.5, 0.6) is 5.75 Å². The summed E-state index contributed by atoms with van der Waals surface area (Å²) >= 11 is -2.93. The number of ether oxygens (including phenoxy) is 1. The van der Waals surface area contributed by atoms with Crippen molar-refractivity contribution >= 4 is 36.0 Å². The van der Waals surface area contributed by atoms with Crippen LogP contribution in [-0.4, -0.2) is 20.5 Å². The summed E-state index contributed by atoms with van der Waals surface area (Å²) in [5.41, 5.74) is 0.866. The number of aryl methyl sites for hydroxylation is 1. The fourth-order valence-electron chi connectivity index (χ4n) is 2.39. The SMILES string of the molecule is COc1ccc(I(OS(=O)(=O)c2ccc(C)cc2)c2ccc([N+](=O)[O-])cc2)cc1. The van der Waals surface area contributed by atoms with Crippen molar-refractivity contribution in [2.24, 2.45) is 0 Å². The predicted octanol–water partition coefficient (Wildman–Crippen LogP) is 4.78. The van der Waals surface area contributed by atoms with Gasteiger partial charge in [0.25, 0.3) is 0 Å². The Morgan fingerprint density at radius 2 is 1.38 bits per heavy atom. The van der Waals surface area contributed by atoms with Crippen molar-refractivity contribution < 1.29 is 20.6 Å². The molecule has 0 aliphatic heterocycles. The van der Waals surface area contributed by atoms with E-state index in [1.807, 2.05) is 6.92 Å². The van der Waals surface area contributed by atoms with Crippen LogP contribution in [-0.2, 0) is 12.6 Å². The Kier molecular flexibility index (Phi) is 6.50. The molecule has 0 amide bonds. The molecule has 0 aliphatic carbocycles. The average Bonchev–Trinajstić information content (AvgIpc) is 2.72. The van der Waals surface area contributed by atoms with E-state index < -0.39 is 35.3 Å². The second-order valence-corrected chi connectivity index (χ2v) is 12.5. The monoisotopic (exact) mass is 527 g/mol. The first-order valence-electron chi connectivity index (χ1n) is 8.40. The summed E-state index contributed by atoms with van der Waals surface area (Å²) in [6.07, 6.45) is 0. The first kappa shape index (κ1) is 21.2. The molecule has 3 aromatic carbocycles. The molecule has 29 heavy (non-hydrogen) atoms. The molecule has 0 saturated carbocycles. The number of halogens is 1. The van der Waals surface area contributed by atoms with E-state index >= 15 is 0 Å². The zero-order chi connectivity index (χ0) is 21.0. The van der Waals surface area contributed by atoms with Crippen molar-refractivity contribution in [1.82, 2.24) is 0 Å². The third-order valence-corrected chi connectivity index (χ3v) is 11.3. The van der Waals surface area contributed by atoms with Crippen LogP contribution in [0.15, 0.2) is 77.7 Å². The summed E-state index contributed by atoms with van der Waals surface area (Å²) in [6.45, 7) is 1.87. The number of nitro benzene ring substituents is 1. The van der Waals surface area contributed by atoms with Crippen LogP contribution in [0, 0.1) is 24.2 Å². The summed E-state index contributed by atoms with van der Waals surface area (Å²) in [6, 6.07) is 19.2. The molecule has 0 fully saturated rings. The van der Waals surface area contributed by atoms with E-state index in [4.69, 9.17) is 7.25 Å². The molecule has 0 spiro atoms. The first-order valence-corrected chi connectivity index (χ1v) is 12.8. The Balaban J connectivity index is 2.01. The van der Waals surface area contributed by atoms with E-state index in [1.165, 1.54) is 24.3 Å². The Hall–Kier alpha value is -2.50. The molecule has 0 saturated heterocycles. The number of nitro groups is 1. The van der Waals surface area contributed by atoms with Gasteiger partial charge in [-0.2, -0.15) is 0 Å². The summed E-state index contributed by atoms with van der Waals surface area (Å²) in [4.78, 5) is 10.5. The van der Waals surface area contributed by atoms with Crippen LogP contribution < -0.4 is 4.74 Å². The molecule has 0 unspecified atom stereocenters. The predicted molar refractivity (Wildman–Crippen MR) is 117 cm³/mol. The van der Waals surface area contributed by atoms with E-state index in [0.29, 0.717) is 9.32 Å². The molecule has 0 atom stereocenters. The van der Waals surface area contributed by atoms with Gasteiger partial charge < -0.3 is 0 Å². The van der Waals surface area contributed by atoms with Gasteiger partial charge in [-0.25, -0.2) is 0 Å². The van der Waals surface area contributed by atoms with Crippen LogP contribution in [0.3, 0.4) is 0 Å². The van der Waals surface area contributed by atoms with Crippen LogP contribution in [0.1, 0.15) is 5.56 Å². The maximum atomic E-state index is 12.9. The van der Waals surface area contributed by atoms with Crippen molar-refractivity contribution in [1.29, 1.82) is 0 Å². The molecule has 0 N–H and O–H groups in total. The summed E-state index contributed by atoms with van der Waals surface area (Å²) < 4.78 is 38.0. The van der Waals surface area contributed by atoms with Gasteiger partial charge in [-0.15, -0.1) is 0 Å². The van der Waals surface area contributed by atoms with Gasteiger partial charge >= 0.3 is 177 Å². The number of methoxy groups -OCH3 is 1. The van der Waals surface area contributed by atoms with Crippen molar-refractivity contribution in [3.05, 3.63) is 95.6 Å². The Morgan fingerprint density at radius 1 is 0.862 bits per heavy atom. The van der Waals surface area contributed by atoms with Gasteiger partial charge in [-0.1, -0.05) is 0 Å². The van der Waals surface area contributed by atoms with Crippen molar-refractivity contribution in [2.75, 3.05) is 7.11 Å². The number of hydrogen-bond acceptors (Lipinski definition) is 6. The number of benzene rings is 3. The second kappa shape index (κ2) is 8.89. The zero-order valence-corrected chi connectivity index (χ0v) is 18.6. The normalized spacial score (nSPS) is 11.7. The molecule has 0 aromatic heterocycles. The van der Waals surface area contributed by atoms with Crippen molar-refractivity contribution in [3.63, 3.8) is 0 Å². The number of rotatable bonds is 7. The molecule has 152 valence electrons. The third kappa shape index (κ3) is 5.11. The first-order chi connectivity index (χ1) is 13.8. The molecule has 9 heteroatoms. The molecular weight excluding hydrogens is 509 g/mol. The van der Waals surface area contributed by atoms with E-state index in [2.05, 4.69) is 0 Å². The molecule has 3 aromatic rings. The number of non-ortho nitro benzene ring substituents is 1. The molecule has 0 aliphatic rings. The van der Waals surface area contributed by atoms with Gasteiger partial charge in [0.05, 0.1) is 0 Å². The van der Waals surface area contributed by atoms with E-state index in [0.717, 1.165) is 9.13 Å². The van der Waals surface area contributed by atoms with Gasteiger partial charge in [0.1, 0.15) is 0 Å². The van der Waals surface area contributed by atoms with E-state index in [-0.39, 0.29) is 10.6 Å². The summed E-state index contributed by atoms with van der Waals surface area (Å²) in [5, 5.41) is 10.9.